The van der Waals surface area contributed by atoms with E-state index in [2.05, 4.69) is 30.3 Å². The average Bonchev–Trinajstić information content (AvgIpc) is 3.22. The van der Waals surface area contributed by atoms with Crippen LogP contribution in [0.3, 0.4) is 0 Å². The van der Waals surface area contributed by atoms with Gasteiger partial charge in [-0.15, -0.1) is 0 Å². The van der Waals surface area contributed by atoms with Crippen LogP contribution in [0.15, 0.2) is 30.3 Å². The number of hydrogen-bond donors (Lipinski definition) is 0. The van der Waals surface area contributed by atoms with Crippen LogP contribution < -0.4 is 0 Å². The van der Waals surface area contributed by atoms with Crippen molar-refractivity contribution in [3.8, 4) is 0 Å². The number of allylic oxidation sites excluding steroid dienone is 2. The minimum atomic E-state index is -0.522. The summed E-state index contributed by atoms with van der Waals surface area (Å²) < 4.78 is 10.6. The largest absolute Gasteiger partial charge is 0.464 e. The molecule has 1 heterocycles. The third-order valence-electron chi connectivity index (χ3n) is 4.43. The molecule has 0 amide bonds. The van der Waals surface area contributed by atoms with Gasteiger partial charge in [0.25, 0.3) is 0 Å². The normalized spacial score (nSPS) is 27.9. The predicted octanol–water partition coefficient (Wildman–Crippen LogP) is 3.82. The minimum absolute atomic E-state index is 0.265. The van der Waals surface area contributed by atoms with Crippen molar-refractivity contribution < 1.29 is 14.3 Å². The number of rotatable bonds is 4. The van der Waals surface area contributed by atoms with Gasteiger partial charge in [-0.05, 0) is 56.2 Å². The van der Waals surface area contributed by atoms with E-state index in [1.807, 2.05) is 13.8 Å². The van der Waals surface area contributed by atoms with Gasteiger partial charge in [-0.1, -0.05) is 30.3 Å². The SMILES string of the molecule is CCOC(=O)C1OC1(C)c1ccc(C2=CCCCC2)cc1. The fourth-order valence-electron chi connectivity index (χ4n) is 3.04. The topological polar surface area (TPSA) is 38.8 Å². The van der Waals surface area contributed by atoms with Crippen LogP contribution in [0.2, 0.25) is 0 Å². The molecule has 0 spiro atoms. The van der Waals surface area contributed by atoms with Crippen LogP contribution >= 0.6 is 0 Å². The van der Waals surface area contributed by atoms with E-state index in [1.54, 1.807) is 0 Å². The first kappa shape index (κ1) is 14.3. The Morgan fingerprint density at radius 1 is 1.33 bits per heavy atom. The summed E-state index contributed by atoms with van der Waals surface area (Å²) in [5, 5.41) is 0. The zero-order chi connectivity index (χ0) is 14.9. The van der Waals surface area contributed by atoms with E-state index in [0.717, 1.165) is 5.56 Å². The quantitative estimate of drug-likeness (QED) is 0.624. The van der Waals surface area contributed by atoms with Crippen molar-refractivity contribution in [1.29, 1.82) is 0 Å². The second kappa shape index (κ2) is 5.64. The van der Waals surface area contributed by atoms with Gasteiger partial charge in [0.2, 0.25) is 0 Å². The minimum Gasteiger partial charge on any atom is -0.464 e. The lowest BCUT2D eigenvalue weighted by molar-refractivity contribution is -0.144. The molecular weight excluding hydrogens is 264 g/mol. The first-order valence-electron chi connectivity index (χ1n) is 7.79. The number of benzene rings is 1. The molecule has 112 valence electrons. The summed E-state index contributed by atoms with van der Waals surface area (Å²) in [5.74, 6) is -0.265. The smallest absolute Gasteiger partial charge is 0.338 e. The van der Waals surface area contributed by atoms with Gasteiger partial charge in [-0.3, -0.25) is 0 Å². The number of carbonyl (C=O) groups is 1. The van der Waals surface area contributed by atoms with Crippen molar-refractivity contribution in [3.63, 3.8) is 0 Å². The van der Waals surface area contributed by atoms with Gasteiger partial charge >= 0.3 is 5.97 Å². The summed E-state index contributed by atoms with van der Waals surface area (Å²) in [6.07, 6.45) is 6.81. The molecule has 1 aliphatic carbocycles. The van der Waals surface area contributed by atoms with E-state index in [9.17, 15) is 4.79 Å². The number of hydrogen-bond acceptors (Lipinski definition) is 3. The van der Waals surface area contributed by atoms with Gasteiger partial charge in [-0.25, -0.2) is 4.79 Å². The van der Waals surface area contributed by atoms with Crippen LogP contribution in [0, 0.1) is 0 Å². The van der Waals surface area contributed by atoms with Crippen LogP contribution in [0.5, 0.6) is 0 Å². The molecule has 3 heteroatoms. The van der Waals surface area contributed by atoms with E-state index >= 15 is 0 Å². The van der Waals surface area contributed by atoms with Gasteiger partial charge in [0, 0.05) is 0 Å². The first-order valence-corrected chi connectivity index (χ1v) is 7.79. The fourth-order valence-corrected chi connectivity index (χ4v) is 3.04. The summed E-state index contributed by atoms with van der Waals surface area (Å²) >= 11 is 0. The van der Waals surface area contributed by atoms with E-state index in [-0.39, 0.29) is 5.97 Å². The van der Waals surface area contributed by atoms with Crippen LogP contribution in [0.1, 0.15) is 50.7 Å². The molecule has 1 aromatic rings. The standard InChI is InChI=1S/C18H22O3/c1-3-20-17(19)16-18(2,21-16)15-11-9-14(10-12-15)13-7-5-4-6-8-13/h7,9-12,16H,3-6,8H2,1-2H3. The second-order valence-electron chi connectivity index (χ2n) is 5.91. The van der Waals surface area contributed by atoms with E-state index in [0.29, 0.717) is 6.61 Å². The molecule has 2 unspecified atom stereocenters. The molecule has 0 N–H and O–H groups in total. The lowest BCUT2D eigenvalue weighted by atomic mass is 9.91. The number of carbonyl (C=O) groups excluding carboxylic acids is 1. The van der Waals surface area contributed by atoms with E-state index in [1.165, 1.54) is 36.8 Å². The number of esters is 1. The molecule has 1 aliphatic heterocycles. The van der Waals surface area contributed by atoms with E-state index < -0.39 is 11.7 Å². The van der Waals surface area contributed by atoms with Gasteiger partial charge in [-0.2, -0.15) is 0 Å². The maximum atomic E-state index is 11.8. The molecule has 1 fully saturated rings. The third kappa shape index (κ3) is 2.75. The van der Waals surface area contributed by atoms with Crippen LogP contribution in [0.25, 0.3) is 5.57 Å². The molecule has 2 aliphatic rings. The Balaban J connectivity index is 1.73. The average molecular weight is 286 g/mol. The molecule has 21 heavy (non-hydrogen) atoms. The van der Waals surface area contributed by atoms with Crippen molar-refractivity contribution in [2.45, 2.75) is 51.2 Å². The number of ether oxygens (including phenoxy) is 2. The zero-order valence-corrected chi connectivity index (χ0v) is 12.7. The number of epoxide rings is 1. The van der Waals surface area contributed by atoms with Gasteiger partial charge in [0.05, 0.1) is 6.61 Å². The summed E-state index contributed by atoms with van der Waals surface area (Å²) in [6.45, 7) is 4.15. The monoisotopic (exact) mass is 286 g/mol. The highest BCUT2D eigenvalue weighted by atomic mass is 16.7. The Bertz CT molecular complexity index is 558. The molecule has 2 atom stereocenters. The Hall–Kier alpha value is -1.61. The summed E-state index contributed by atoms with van der Waals surface area (Å²) in [6, 6.07) is 8.43. The van der Waals surface area contributed by atoms with E-state index in [4.69, 9.17) is 9.47 Å². The highest BCUT2D eigenvalue weighted by molar-refractivity contribution is 5.80. The Kier molecular flexibility index (Phi) is 3.85. The van der Waals surface area contributed by atoms with Gasteiger partial charge in [0.1, 0.15) is 5.60 Å². The Morgan fingerprint density at radius 2 is 2.10 bits per heavy atom. The summed E-state index contributed by atoms with van der Waals surface area (Å²) in [4.78, 5) is 11.8. The second-order valence-corrected chi connectivity index (χ2v) is 5.91. The molecular formula is C18H22O3. The highest BCUT2D eigenvalue weighted by Gasteiger charge is 2.59. The summed E-state index contributed by atoms with van der Waals surface area (Å²) in [7, 11) is 0. The van der Waals surface area contributed by atoms with Gasteiger partial charge < -0.3 is 9.47 Å². The molecule has 0 aromatic heterocycles. The lowest BCUT2D eigenvalue weighted by Gasteiger charge is -2.14. The Labute approximate surface area is 125 Å². The Morgan fingerprint density at radius 3 is 2.71 bits per heavy atom. The molecule has 0 bridgehead atoms. The van der Waals surface area contributed by atoms with Crippen molar-refractivity contribution in [3.05, 3.63) is 41.5 Å². The third-order valence-corrected chi connectivity index (χ3v) is 4.43. The lowest BCUT2D eigenvalue weighted by Crippen LogP contribution is -2.18. The van der Waals surface area contributed by atoms with Crippen LogP contribution in [0.4, 0.5) is 0 Å². The maximum absolute atomic E-state index is 11.8. The molecule has 1 aromatic carbocycles. The predicted molar refractivity (Wildman–Crippen MR) is 81.7 cm³/mol. The van der Waals surface area contributed by atoms with Crippen molar-refractivity contribution in [1.82, 2.24) is 0 Å². The van der Waals surface area contributed by atoms with Crippen LogP contribution in [-0.4, -0.2) is 18.7 Å². The summed E-state index contributed by atoms with van der Waals surface area (Å²) in [5.41, 5.74) is 3.25. The maximum Gasteiger partial charge on any atom is 0.338 e. The molecule has 1 saturated heterocycles. The fraction of sp³-hybridized carbons (Fsp3) is 0.500. The van der Waals surface area contributed by atoms with Crippen molar-refractivity contribution in [2.75, 3.05) is 6.61 Å². The van der Waals surface area contributed by atoms with Crippen molar-refractivity contribution in [2.24, 2.45) is 0 Å². The van der Waals surface area contributed by atoms with Crippen molar-refractivity contribution >= 4 is 11.5 Å². The molecule has 0 radical (unpaired) electrons. The van der Waals surface area contributed by atoms with Crippen LogP contribution in [-0.2, 0) is 19.9 Å². The molecule has 3 nitrogen and oxygen atoms in total. The highest BCUT2D eigenvalue weighted by Crippen LogP contribution is 2.46. The zero-order valence-electron chi connectivity index (χ0n) is 12.7. The van der Waals surface area contributed by atoms with Gasteiger partial charge in [0.15, 0.2) is 6.10 Å². The molecule has 0 saturated carbocycles. The first-order chi connectivity index (χ1) is 10.1. The molecule has 3 rings (SSSR count).